The van der Waals surface area contributed by atoms with Crippen LogP contribution in [0.2, 0.25) is 0 Å². The molecular formula is C26H33N5O2. The van der Waals surface area contributed by atoms with Gasteiger partial charge >= 0.3 is 0 Å². The summed E-state index contributed by atoms with van der Waals surface area (Å²) in [5, 5.41) is 6.18. The van der Waals surface area contributed by atoms with Crippen LogP contribution in [0, 0.1) is 11.8 Å². The molecule has 0 bridgehead atoms. The first-order valence-electron chi connectivity index (χ1n) is 12.2. The lowest BCUT2D eigenvalue weighted by atomic mass is 9.96. The highest BCUT2D eigenvalue weighted by Gasteiger charge is 2.32. The van der Waals surface area contributed by atoms with Crippen LogP contribution in [0.5, 0.6) is 0 Å². The molecule has 3 aliphatic rings. The number of carbonyl (C=O) groups is 2. The average molecular weight is 448 g/mol. The summed E-state index contributed by atoms with van der Waals surface area (Å²) in [6.07, 6.45) is 7.24. The largest absolute Gasteiger partial charge is 0.359 e. The molecule has 0 atom stereocenters. The zero-order valence-corrected chi connectivity index (χ0v) is 19.1. The predicted molar refractivity (Wildman–Crippen MR) is 129 cm³/mol. The number of aromatic nitrogens is 1. The van der Waals surface area contributed by atoms with Crippen LogP contribution in [-0.2, 0) is 11.2 Å². The summed E-state index contributed by atoms with van der Waals surface area (Å²) in [5.74, 6) is 1.71. The van der Waals surface area contributed by atoms with Crippen LogP contribution in [0.1, 0.15) is 41.6 Å². The van der Waals surface area contributed by atoms with Crippen LogP contribution in [-0.4, -0.2) is 61.0 Å². The number of hydrogen-bond acceptors (Lipinski definition) is 5. The van der Waals surface area contributed by atoms with E-state index in [4.69, 9.17) is 0 Å². The van der Waals surface area contributed by atoms with E-state index in [-0.39, 0.29) is 18.4 Å². The summed E-state index contributed by atoms with van der Waals surface area (Å²) in [7, 11) is 0. The molecule has 2 fully saturated rings. The minimum absolute atomic E-state index is 0.0489. The third-order valence-corrected chi connectivity index (χ3v) is 7.08. The summed E-state index contributed by atoms with van der Waals surface area (Å²) >= 11 is 0. The van der Waals surface area contributed by atoms with Crippen molar-refractivity contribution in [1.82, 2.24) is 15.2 Å². The van der Waals surface area contributed by atoms with Gasteiger partial charge in [-0.1, -0.05) is 30.3 Å². The zero-order chi connectivity index (χ0) is 22.6. The van der Waals surface area contributed by atoms with Gasteiger partial charge in [0.2, 0.25) is 5.91 Å². The molecule has 1 saturated carbocycles. The SMILES string of the molecule is O=C(NCC1CCN(CCc2ccccc2)CC1)c1cnc2c(c1)N(CC1CC1)C(=O)CN2. The normalized spacial score (nSPS) is 19.2. The van der Waals surface area contributed by atoms with E-state index in [9.17, 15) is 9.59 Å². The molecule has 33 heavy (non-hydrogen) atoms. The van der Waals surface area contributed by atoms with Crippen molar-refractivity contribution in [3.63, 3.8) is 0 Å². The molecule has 2 N–H and O–H groups in total. The molecule has 174 valence electrons. The number of rotatable bonds is 8. The molecule has 5 rings (SSSR count). The van der Waals surface area contributed by atoms with E-state index < -0.39 is 0 Å². The highest BCUT2D eigenvalue weighted by atomic mass is 16.2. The molecule has 2 amide bonds. The van der Waals surface area contributed by atoms with Crippen molar-refractivity contribution in [3.8, 4) is 0 Å². The average Bonchev–Trinajstić information content (AvgIpc) is 3.68. The number of amides is 2. The summed E-state index contributed by atoms with van der Waals surface area (Å²) in [6.45, 7) is 4.93. The number of hydrogen-bond donors (Lipinski definition) is 2. The molecule has 0 radical (unpaired) electrons. The standard InChI is InChI=1S/C26H33N5O2/c32-24-17-28-25-23(31(24)18-21-6-7-21)14-22(16-27-25)26(33)29-15-20-9-12-30(13-10-20)11-8-19-4-2-1-3-5-19/h1-5,14,16,20-21H,6-13,15,17-18H2,(H,27,28)(H,29,33). The summed E-state index contributed by atoms with van der Waals surface area (Å²) in [5.41, 5.74) is 2.64. The third-order valence-electron chi connectivity index (χ3n) is 7.08. The molecule has 2 aromatic rings. The number of piperidine rings is 1. The smallest absolute Gasteiger partial charge is 0.252 e. The van der Waals surface area contributed by atoms with Gasteiger partial charge in [0.1, 0.15) is 5.82 Å². The second kappa shape index (κ2) is 9.91. The van der Waals surface area contributed by atoms with Gasteiger partial charge in [-0.05, 0) is 68.7 Å². The lowest BCUT2D eigenvalue weighted by Gasteiger charge is -2.32. The number of pyridine rings is 1. The molecule has 7 nitrogen and oxygen atoms in total. The lowest BCUT2D eigenvalue weighted by molar-refractivity contribution is -0.117. The van der Waals surface area contributed by atoms with Gasteiger partial charge in [0.05, 0.1) is 17.8 Å². The Balaban J connectivity index is 1.11. The van der Waals surface area contributed by atoms with E-state index in [1.165, 1.54) is 18.4 Å². The maximum absolute atomic E-state index is 12.8. The lowest BCUT2D eigenvalue weighted by Crippen LogP contribution is -2.42. The maximum Gasteiger partial charge on any atom is 0.252 e. The van der Waals surface area contributed by atoms with Crippen molar-refractivity contribution in [2.75, 3.05) is 49.5 Å². The van der Waals surface area contributed by atoms with E-state index in [1.807, 2.05) is 6.07 Å². The summed E-state index contributed by atoms with van der Waals surface area (Å²) < 4.78 is 0. The Kier molecular flexibility index (Phi) is 6.58. The highest BCUT2D eigenvalue weighted by molar-refractivity contribution is 6.04. The molecule has 7 heteroatoms. The van der Waals surface area contributed by atoms with Gasteiger partial charge in [-0.2, -0.15) is 0 Å². The van der Waals surface area contributed by atoms with Crippen LogP contribution < -0.4 is 15.5 Å². The molecule has 2 aliphatic heterocycles. The number of likely N-dealkylation sites (tertiary alicyclic amines) is 1. The molecule has 1 saturated heterocycles. The predicted octanol–water partition coefficient (Wildman–Crippen LogP) is 2.93. The van der Waals surface area contributed by atoms with Gasteiger partial charge < -0.3 is 20.4 Å². The maximum atomic E-state index is 12.8. The van der Waals surface area contributed by atoms with Gasteiger partial charge in [0.15, 0.2) is 0 Å². The molecule has 0 spiro atoms. The Morgan fingerprint density at radius 1 is 1.09 bits per heavy atom. The molecule has 1 aromatic carbocycles. The Bertz CT molecular complexity index is 983. The third kappa shape index (κ3) is 5.53. The van der Waals surface area contributed by atoms with Gasteiger partial charge in [-0.3, -0.25) is 9.59 Å². The number of benzene rings is 1. The van der Waals surface area contributed by atoms with Crippen molar-refractivity contribution >= 4 is 23.3 Å². The number of nitrogens with zero attached hydrogens (tertiary/aromatic N) is 3. The molecular weight excluding hydrogens is 414 g/mol. The van der Waals surface area contributed by atoms with Crippen LogP contribution in [0.4, 0.5) is 11.5 Å². The second-order valence-electron chi connectivity index (χ2n) is 9.62. The molecule has 0 unspecified atom stereocenters. The van der Waals surface area contributed by atoms with Gasteiger partial charge in [0.25, 0.3) is 5.91 Å². The summed E-state index contributed by atoms with van der Waals surface area (Å²) in [6, 6.07) is 12.5. The fourth-order valence-corrected chi connectivity index (χ4v) is 4.75. The van der Waals surface area contributed by atoms with E-state index in [0.29, 0.717) is 29.8 Å². The zero-order valence-electron chi connectivity index (χ0n) is 19.1. The second-order valence-corrected chi connectivity index (χ2v) is 9.62. The van der Waals surface area contributed by atoms with Crippen molar-refractivity contribution in [2.24, 2.45) is 11.8 Å². The van der Waals surface area contributed by atoms with Gasteiger partial charge in [-0.25, -0.2) is 4.98 Å². The van der Waals surface area contributed by atoms with Crippen LogP contribution in [0.15, 0.2) is 42.6 Å². The monoisotopic (exact) mass is 447 g/mol. The topological polar surface area (TPSA) is 77.6 Å². The first-order valence-corrected chi connectivity index (χ1v) is 12.2. The first-order chi connectivity index (χ1) is 16.2. The fourth-order valence-electron chi connectivity index (χ4n) is 4.75. The Morgan fingerprint density at radius 3 is 2.64 bits per heavy atom. The van der Waals surface area contributed by atoms with E-state index in [2.05, 4.69) is 50.8 Å². The van der Waals surface area contributed by atoms with Crippen molar-refractivity contribution in [3.05, 3.63) is 53.7 Å². The van der Waals surface area contributed by atoms with Crippen LogP contribution in [0.25, 0.3) is 0 Å². The fraction of sp³-hybridized carbons (Fsp3) is 0.500. The van der Waals surface area contributed by atoms with Crippen LogP contribution in [0.3, 0.4) is 0 Å². The molecule has 1 aliphatic carbocycles. The van der Waals surface area contributed by atoms with E-state index in [0.717, 1.165) is 51.1 Å². The highest BCUT2D eigenvalue weighted by Crippen LogP contribution is 2.35. The Hall–Kier alpha value is -2.93. The first kappa shape index (κ1) is 21.9. The Morgan fingerprint density at radius 2 is 1.88 bits per heavy atom. The summed E-state index contributed by atoms with van der Waals surface area (Å²) in [4.78, 5) is 34.0. The minimum atomic E-state index is -0.110. The number of fused-ring (bicyclic) bond motifs is 1. The van der Waals surface area contributed by atoms with Crippen LogP contribution >= 0.6 is 0 Å². The van der Waals surface area contributed by atoms with E-state index >= 15 is 0 Å². The number of carbonyl (C=O) groups excluding carboxylic acids is 2. The van der Waals surface area contributed by atoms with Gasteiger partial charge in [-0.15, -0.1) is 0 Å². The minimum Gasteiger partial charge on any atom is -0.359 e. The van der Waals surface area contributed by atoms with E-state index in [1.54, 1.807) is 11.1 Å². The van der Waals surface area contributed by atoms with Crippen molar-refractivity contribution in [2.45, 2.75) is 32.1 Å². The molecule has 1 aromatic heterocycles. The quantitative estimate of drug-likeness (QED) is 0.651. The van der Waals surface area contributed by atoms with Crippen molar-refractivity contribution in [1.29, 1.82) is 0 Å². The van der Waals surface area contributed by atoms with Crippen molar-refractivity contribution < 1.29 is 9.59 Å². The molecule has 3 heterocycles. The Labute approximate surface area is 195 Å². The number of nitrogens with one attached hydrogen (secondary N) is 2. The van der Waals surface area contributed by atoms with Gasteiger partial charge in [0, 0.05) is 25.8 Å². The number of anilines is 2.